The Hall–Kier alpha value is -2.70. The Morgan fingerprint density at radius 3 is 2.55 bits per heavy atom. The molecule has 0 saturated carbocycles. The van der Waals surface area contributed by atoms with Crippen LogP contribution in [0, 0.1) is 12.8 Å². The summed E-state index contributed by atoms with van der Waals surface area (Å²) >= 11 is 0. The summed E-state index contributed by atoms with van der Waals surface area (Å²) in [7, 11) is 1.55. The molecule has 1 unspecified atom stereocenters. The minimum Gasteiger partial charge on any atom is -0.481 e. The largest absolute Gasteiger partial charge is 0.481 e. The summed E-state index contributed by atoms with van der Waals surface area (Å²) < 4.78 is 1.52. The molecule has 0 radical (unpaired) electrons. The van der Waals surface area contributed by atoms with Crippen LogP contribution in [-0.2, 0) is 4.79 Å². The molecule has 7 nitrogen and oxygen atoms in total. The number of carboxylic acids is 1. The smallest absolute Gasteiger partial charge is 0.308 e. The van der Waals surface area contributed by atoms with Crippen LogP contribution in [-0.4, -0.2) is 50.5 Å². The molecule has 2 aromatic rings. The maximum Gasteiger partial charge on any atom is 0.308 e. The minimum absolute atomic E-state index is 0.117. The number of nitrogens with zero attached hydrogens (tertiary/aromatic N) is 4. The van der Waals surface area contributed by atoms with Crippen LogP contribution >= 0.6 is 0 Å². The minimum atomic E-state index is -0.942. The van der Waals surface area contributed by atoms with E-state index in [1.54, 1.807) is 14.0 Å². The maximum atomic E-state index is 12.2. The lowest BCUT2D eigenvalue weighted by Crippen LogP contribution is -2.33. The zero-order valence-electron chi connectivity index (χ0n) is 12.7. The molecule has 0 fully saturated rings. The Balaban J connectivity index is 2.12. The highest BCUT2D eigenvalue weighted by Gasteiger charge is 2.20. The lowest BCUT2D eigenvalue weighted by molar-refractivity contribution is -0.141. The molecule has 22 heavy (non-hydrogen) atoms. The number of hydrogen-bond donors (Lipinski definition) is 1. The number of hydrogen-bond acceptors (Lipinski definition) is 4. The van der Waals surface area contributed by atoms with Crippen molar-refractivity contribution in [3.63, 3.8) is 0 Å². The van der Waals surface area contributed by atoms with Crippen LogP contribution in [0.5, 0.6) is 0 Å². The van der Waals surface area contributed by atoms with E-state index in [4.69, 9.17) is 5.11 Å². The van der Waals surface area contributed by atoms with Crippen molar-refractivity contribution in [1.82, 2.24) is 19.9 Å². The molecule has 1 heterocycles. The number of amides is 1. The molecule has 0 aliphatic carbocycles. The molecule has 1 aromatic carbocycles. The highest BCUT2D eigenvalue weighted by Crippen LogP contribution is 2.10. The van der Waals surface area contributed by atoms with E-state index in [9.17, 15) is 9.59 Å². The van der Waals surface area contributed by atoms with E-state index < -0.39 is 11.9 Å². The number of carboxylic acid groups (broad SMARTS) is 1. The molecule has 0 saturated heterocycles. The standard InChI is InChI=1S/C15H18N4O3/c1-10-4-6-12(7-5-10)19-9-13(16-17-19)14(20)18(3)8-11(2)15(21)22/h4-7,9,11H,8H2,1-3H3,(H,21,22). The van der Waals surface area contributed by atoms with Gasteiger partial charge in [-0.25, -0.2) is 4.68 Å². The molecule has 7 heteroatoms. The molecule has 0 aliphatic rings. The first kappa shape index (κ1) is 15.7. The van der Waals surface area contributed by atoms with Gasteiger partial charge >= 0.3 is 5.97 Å². The Bertz CT molecular complexity index is 678. The highest BCUT2D eigenvalue weighted by molar-refractivity contribution is 5.92. The van der Waals surface area contributed by atoms with Crippen molar-refractivity contribution in [2.75, 3.05) is 13.6 Å². The molecule has 116 valence electrons. The number of benzene rings is 1. The van der Waals surface area contributed by atoms with E-state index >= 15 is 0 Å². The van der Waals surface area contributed by atoms with Gasteiger partial charge in [0.05, 0.1) is 17.8 Å². The average Bonchev–Trinajstić information content (AvgIpc) is 2.96. The third-order valence-electron chi connectivity index (χ3n) is 3.33. The van der Waals surface area contributed by atoms with Gasteiger partial charge in [0, 0.05) is 13.6 Å². The molecule has 1 atom stereocenters. The Morgan fingerprint density at radius 1 is 1.32 bits per heavy atom. The number of aliphatic carboxylic acids is 1. The first-order valence-electron chi connectivity index (χ1n) is 6.86. The fraction of sp³-hybridized carbons (Fsp3) is 0.333. The van der Waals surface area contributed by atoms with Crippen LogP contribution < -0.4 is 0 Å². The number of rotatable bonds is 5. The summed E-state index contributed by atoms with van der Waals surface area (Å²) in [6, 6.07) is 7.65. The first-order valence-corrected chi connectivity index (χ1v) is 6.86. The van der Waals surface area contributed by atoms with Crippen LogP contribution in [0.25, 0.3) is 5.69 Å². The van der Waals surface area contributed by atoms with Crippen molar-refractivity contribution in [2.24, 2.45) is 5.92 Å². The molecule has 2 rings (SSSR count). The van der Waals surface area contributed by atoms with E-state index in [0.29, 0.717) is 0 Å². The summed E-state index contributed by atoms with van der Waals surface area (Å²) in [6.45, 7) is 3.65. The van der Waals surface area contributed by atoms with E-state index in [0.717, 1.165) is 11.3 Å². The average molecular weight is 302 g/mol. The Morgan fingerprint density at radius 2 is 1.95 bits per heavy atom. The van der Waals surface area contributed by atoms with Crippen molar-refractivity contribution in [2.45, 2.75) is 13.8 Å². The van der Waals surface area contributed by atoms with E-state index in [1.165, 1.54) is 15.8 Å². The van der Waals surface area contributed by atoms with Gasteiger partial charge in [0.1, 0.15) is 0 Å². The zero-order valence-corrected chi connectivity index (χ0v) is 12.7. The second-order valence-corrected chi connectivity index (χ2v) is 5.31. The summed E-state index contributed by atoms with van der Waals surface area (Å²) in [6.07, 6.45) is 1.54. The van der Waals surface area contributed by atoms with Gasteiger partial charge in [-0.15, -0.1) is 5.10 Å². The molecule has 0 bridgehead atoms. The predicted molar refractivity (Wildman–Crippen MR) is 79.9 cm³/mol. The molecule has 1 aromatic heterocycles. The summed E-state index contributed by atoms with van der Waals surface area (Å²) in [5.74, 6) is -1.93. The first-order chi connectivity index (χ1) is 10.4. The second-order valence-electron chi connectivity index (χ2n) is 5.31. The van der Waals surface area contributed by atoms with Crippen LogP contribution in [0.3, 0.4) is 0 Å². The lowest BCUT2D eigenvalue weighted by Gasteiger charge is -2.17. The van der Waals surface area contributed by atoms with Crippen molar-refractivity contribution >= 4 is 11.9 Å². The number of carbonyl (C=O) groups excluding carboxylic acids is 1. The van der Waals surface area contributed by atoms with E-state index in [1.807, 2.05) is 31.2 Å². The zero-order chi connectivity index (χ0) is 16.3. The fourth-order valence-electron chi connectivity index (χ4n) is 1.95. The number of aromatic nitrogens is 3. The van der Waals surface area contributed by atoms with Crippen LogP contribution in [0.4, 0.5) is 0 Å². The highest BCUT2D eigenvalue weighted by atomic mass is 16.4. The SMILES string of the molecule is Cc1ccc(-n2cc(C(=O)N(C)CC(C)C(=O)O)nn2)cc1. The lowest BCUT2D eigenvalue weighted by atomic mass is 10.2. The van der Waals surface area contributed by atoms with Crippen molar-refractivity contribution in [1.29, 1.82) is 0 Å². The molecular weight excluding hydrogens is 284 g/mol. The van der Waals surface area contributed by atoms with Gasteiger partial charge < -0.3 is 10.0 Å². The van der Waals surface area contributed by atoms with Crippen molar-refractivity contribution < 1.29 is 14.7 Å². The van der Waals surface area contributed by atoms with Gasteiger partial charge in [-0.3, -0.25) is 9.59 Å². The van der Waals surface area contributed by atoms with Gasteiger partial charge in [-0.1, -0.05) is 29.8 Å². The van der Waals surface area contributed by atoms with Crippen molar-refractivity contribution in [3.8, 4) is 5.69 Å². The summed E-state index contributed by atoms with van der Waals surface area (Å²) in [4.78, 5) is 24.4. The Kier molecular flexibility index (Phi) is 4.55. The van der Waals surface area contributed by atoms with E-state index in [-0.39, 0.29) is 18.1 Å². The molecule has 0 spiro atoms. The van der Waals surface area contributed by atoms with Crippen LogP contribution in [0.1, 0.15) is 23.0 Å². The van der Waals surface area contributed by atoms with Crippen molar-refractivity contribution in [3.05, 3.63) is 41.7 Å². The van der Waals surface area contributed by atoms with Gasteiger partial charge in [-0.05, 0) is 19.1 Å². The van der Waals surface area contributed by atoms with E-state index in [2.05, 4.69) is 10.3 Å². The molecule has 0 aliphatic heterocycles. The third kappa shape index (κ3) is 3.49. The maximum absolute atomic E-state index is 12.2. The van der Waals surface area contributed by atoms with Gasteiger partial charge in [0.2, 0.25) is 0 Å². The topological polar surface area (TPSA) is 88.3 Å². The predicted octanol–water partition coefficient (Wildman–Crippen LogP) is 1.37. The third-order valence-corrected chi connectivity index (χ3v) is 3.33. The number of carbonyl (C=O) groups is 2. The molecular formula is C15H18N4O3. The fourth-order valence-corrected chi connectivity index (χ4v) is 1.95. The normalized spacial score (nSPS) is 12.0. The van der Waals surface area contributed by atoms with Gasteiger partial charge in [-0.2, -0.15) is 0 Å². The van der Waals surface area contributed by atoms with Gasteiger partial charge in [0.15, 0.2) is 5.69 Å². The second kappa shape index (κ2) is 6.38. The number of aryl methyl sites for hydroxylation is 1. The monoisotopic (exact) mass is 302 g/mol. The van der Waals surface area contributed by atoms with Crippen LogP contribution in [0.15, 0.2) is 30.5 Å². The van der Waals surface area contributed by atoms with Crippen LogP contribution in [0.2, 0.25) is 0 Å². The molecule has 1 N–H and O–H groups in total. The quantitative estimate of drug-likeness (QED) is 0.901. The Labute approximate surface area is 128 Å². The summed E-state index contributed by atoms with van der Waals surface area (Å²) in [5.41, 5.74) is 2.11. The van der Waals surface area contributed by atoms with Gasteiger partial charge in [0.25, 0.3) is 5.91 Å². The summed E-state index contributed by atoms with van der Waals surface area (Å²) in [5, 5.41) is 16.7. The molecule has 1 amide bonds.